The number of benzene rings is 2. The van der Waals surface area contributed by atoms with Gasteiger partial charge in [-0.05, 0) is 35.4 Å². The maximum atomic E-state index is 11.8. The molecule has 160 valence electrons. The number of ether oxygens (including phenoxy) is 2. The molecule has 6 unspecified atom stereocenters. The van der Waals surface area contributed by atoms with Gasteiger partial charge in [0.15, 0.2) is 5.79 Å². The number of nitrogens with one attached hydrogen (secondary N) is 1. The predicted molar refractivity (Wildman–Crippen MR) is 107 cm³/mol. The van der Waals surface area contributed by atoms with Gasteiger partial charge in [0.1, 0.15) is 11.7 Å². The fourth-order valence-electron chi connectivity index (χ4n) is 4.12. The molecule has 9 heteroatoms. The molecule has 1 saturated heterocycles. The number of carbonyl (C=O) groups excluding carboxylic acids is 1. The molecule has 2 fully saturated rings. The standard InChI is InChI=1S/C21H22ClNO7/c1-23-19(27)12-4-2-3-10(7-12)11-5-6-15(14(22)8-11)29-20-16-18(26)17(25)13(9-24)21(16,28)30-20/h2-8,13,16-18,20,24-26,28H,9H2,1H3,(H,23,27). The Kier molecular flexibility index (Phi) is 5.48. The van der Waals surface area contributed by atoms with E-state index in [-0.39, 0.29) is 16.7 Å². The van der Waals surface area contributed by atoms with Gasteiger partial charge in [-0.1, -0.05) is 29.8 Å². The van der Waals surface area contributed by atoms with Crippen LogP contribution in [-0.2, 0) is 4.74 Å². The number of hydrogen-bond donors (Lipinski definition) is 5. The van der Waals surface area contributed by atoms with Crippen molar-refractivity contribution in [3.8, 4) is 16.9 Å². The number of rotatable bonds is 5. The molecule has 2 aromatic rings. The molecule has 0 aromatic heterocycles. The van der Waals surface area contributed by atoms with E-state index in [1.54, 1.807) is 43.4 Å². The third-order valence-electron chi connectivity index (χ3n) is 5.79. The van der Waals surface area contributed by atoms with Crippen molar-refractivity contribution >= 4 is 17.5 Å². The van der Waals surface area contributed by atoms with Crippen molar-refractivity contribution in [1.29, 1.82) is 0 Å². The smallest absolute Gasteiger partial charge is 0.251 e. The predicted octanol–water partition coefficient (Wildman–Crippen LogP) is 0.750. The summed E-state index contributed by atoms with van der Waals surface area (Å²) in [6.07, 6.45) is -3.67. The number of fused-ring (bicyclic) bond motifs is 1. The van der Waals surface area contributed by atoms with E-state index < -0.39 is 42.7 Å². The van der Waals surface area contributed by atoms with Crippen LogP contribution in [0.25, 0.3) is 11.1 Å². The van der Waals surface area contributed by atoms with Crippen molar-refractivity contribution < 1.29 is 34.7 Å². The van der Waals surface area contributed by atoms with Crippen LogP contribution in [0.2, 0.25) is 5.02 Å². The first-order chi connectivity index (χ1) is 14.3. The third kappa shape index (κ3) is 3.26. The number of aliphatic hydroxyl groups is 4. The van der Waals surface area contributed by atoms with Gasteiger partial charge >= 0.3 is 0 Å². The summed E-state index contributed by atoms with van der Waals surface area (Å²) < 4.78 is 11.1. The Hall–Kier alpha value is -2.20. The number of halogens is 1. The third-order valence-corrected chi connectivity index (χ3v) is 6.09. The molecule has 0 radical (unpaired) electrons. The Balaban J connectivity index is 1.52. The second-order valence-electron chi connectivity index (χ2n) is 7.46. The average molecular weight is 436 g/mol. The van der Waals surface area contributed by atoms with Crippen LogP contribution >= 0.6 is 11.6 Å². The minimum atomic E-state index is -1.86. The van der Waals surface area contributed by atoms with E-state index in [0.717, 1.165) is 11.1 Å². The highest BCUT2D eigenvalue weighted by Gasteiger charge is 2.71. The first kappa shape index (κ1) is 21.0. The fraction of sp³-hybridized carbons (Fsp3) is 0.381. The van der Waals surface area contributed by atoms with Crippen LogP contribution in [0.5, 0.6) is 5.75 Å². The van der Waals surface area contributed by atoms with Gasteiger partial charge in [-0.15, -0.1) is 0 Å². The Bertz CT molecular complexity index is 970. The zero-order valence-corrected chi connectivity index (χ0v) is 16.8. The van der Waals surface area contributed by atoms with Crippen molar-refractivity contribution in [2.45, 2.75) is 24.3 Å². The highest BCUT2D eigenvalue weighted by Crippen LogP contribution is 2.53. The minimum absolute atomic E-state index is 0.198. The molecule has 1 aliphatic heterocycles. The van der Waals surface area contributed by atoms with E-state index in [9.17, 15) is 25.2 Å². The van der Waals surface area contributed by atoms with Crippen LogP contribution in [0.4, 0.5) is 0 Å². The first-order valence-electron chi connectivity index (χ1n) is 9.46. The van der Waals surface area contributed by atoms with Gasteiger partial charge in [-0.25, -0.2) is 0 Å². The normalized spacial score (nSPS) is 32.3. The van der Waals surface area contributed by atoms with Crippen LogP contribution < -0.4 is 10.1 Å². The van der Waals surface area contributed by atoms with Gasteiger partial charge in [-0.2, -0.15) is 0 Å². The summed E-state index contributed by atoms with van der Waals surface area (Å²) in [6, 6.07) is 12.1. The Morgan fingerprint density at radius 3 is 2.60 bits per heavy atom. The van der Waals surface area contributed by atoms with Crippen molar-refractivity contribution in [3.63, 3.8) is 0 Å². The molecule has 1 saturated carbocycles. The van der Waals surface area contributed by atoms with E-state index in [4.69, 9.17) is 21.1 Å². The molecule has 2 aromatic carbocycles. The van der Waals surface area contributed by atoms with Crippen LogP contribution in [0.3, 0.4) is 0 Å². The summed E-state index contributed by atoms with van der Waals surface area (Å²) in [5.41, 5.74) is 2.07. The highest BCUT2D eigenvalue weighted by atomic mass is 35.5. The maximum absolute atomic E-state index is 11.8. The molecule has 1 heterocycles. The lowest BCUT2D eigenvalue weighted by molar-refractivity contribution is -0.422. The van der Waals surface area contributed by atoms with E-state index in [0.29, 0.717) is 5.56 Å². The Morgan fingerprint density at radius 1 is 1.20 bits per heavy atom. The van der Waals surface area contributed by atoms with E-state index >= 15 is 0 Å². The molecule has 1 aliphatic carbocycles. The second kappa shape index (κ2) is 7.81. The minimum Gasteiger partial charge on any atom is -0.463 e. The zero-order chi connectivity index (χ0) is 21.6. The van der Waals surface area contributed by atoms with Crippen molar-refractivity contribution in [2.24, 2.45) is 11.8 Å². The van der Waals surface area contributed by atoms with Gasteiger partial charge in [0.05, 0.1) is 29.8 Å². The molecule has 30 heavy (non-hydrogen) atoms. The van der Waals surface area contributed by atoms with Gasteiger partial charge in [0, 0.05) is 12.6 Å². The van der Waals surface area contributed by atoms with Crippen LogP contribution in [0.1, 0.15) is 10.4 Å². The molecule has 4 rings (SSSR count). The van der Waals surface area contributed by atoms with E-state index in [1.807, 2.05) is 6.07 Å². The summed E-state index contributed by atoms with van der Waals surface area (Å²) in [4.78, 5) is 11.8. The quantitative estimate of drug-likeness (QED) is 0.468. The zero-order valence-electron chi connectivity index (χ0n) is 16.0. The van der Waals surface area contributed by atoms with Crippen molar-refractivity contribution in [3.05, 3.63) is 53.1 Å². The maximum Gasteiger partial charge on any atom is 0.251 e. The first-order valence-corrected chi connectivity index (χ1v) is 9.84. The monoisotopic (exact) mass is 435 g/mol. The lowest BCUT2D eigenvalue weighted by atomic mass is 9.89. The lowest BCUT2D eigenvalue weighted by Gasteiger charge is -2.49. The molecular formula is C21H22ClNO7. The van der Waals surface area contributed by atoms with Crippen molar-refractivity contribution in [1.82, 2.24) is 5.32 Å². The lowest BCUT2D eigenvalue weighted by Crippen LogP contribution is -2.64. The molecule has 5 N–H and O–H groups in total. The number of hydrogen-bond acceptors (Lipinski definition) is 7. The molecule has 6 atom stereocenters. The van der Waals surface area contributed by atoms with E-state index in [2.05, 4.69) is 5.32 Å². The molecule has 1 amide bonds. The van der Waals surface area contributed by atoms with Crippen LogP contribution in [-0.4, -0.2) is 64.3 Å². The Labute approximate surface area is 177 Å². The average Bonchev–Trinajstić information content (AvgIpc) is 2.88. The molecular weight excluding hydrogens is 414 g/mol. The van der Waals surface area contributed by atoms with Gasteiger partial charge < -0.3 is 35.2 Å². The van der Waals surface area contributed by atoms with Gasteiger partial charge in [-0.3, -0.25) is 4.79 Å². The van der Waals surface area contributed by atoms with E-state index in [1.165, 1.54) is 0 Å². The van der Waals surface area contributed by atoms with Crippen molar-refractivity contribution in [2.75, 3.05) is 13.7 Å². The summed E-state index contributed by atoms with van der Waals surface area (Å²) in [5.74, 6) is -3.74. The summed E-state index contributed by atoms with van der Waals surface area (Å²) in [5, 5.41) is 43.0. The van der Waals surface area contributed by atoms with Gasteiger partial charge in [0.25, 0.3) is 5.91 Å². The van der Waals surface area contributed by atoms with Crippen LogP contribution in [0, 0.1) is 11.8 Å². The molecule has 0 bridgehead atoms. The second-order valence-corrected chi connectivity index (χ2v) is 7.86. The van der Waals surface area contributed by atoms with Gasteiger partial charge in [0.2, 0.25) is 6.29 Å². The van der Waals surface area contributed by atoms with Crippen LogP contribution in [0.15, 0.2) is 42.5 Å². The number of aliphatic hydroxyl groups excluding tert-OH is 3. The molecule has 0 spiro atoms. The molecule has 8 nitrogen and oxygen atoms in total. The number of amides is 1. The fourth-order valence-corrected chi connectivity index (χ4v) is 4.34. The highest BCUT2D eigenvalue weighted by molar-refractivity contribution is 6.32. The number of carbonyl (C=O) groups is 1. The topological polar surface area (TPSA) is 128 Å². The molecule has 2 aliphatic rings. The SMILES string of the molecule is CNC(=O)c1cccc(-c2ccc(OC3OC4(O)C(CO)C(O)C(O)C34)c(Cl)c2)c1. The summed E-state index contributed by atoms with van der Waals surface area (Å²) in [6.45, 7) is -0.539. The summed E-state index contributed by atoms with van der Waals surface area (Å²) in [7, 11) is 1.56. The summed E-state index contributed by atoms with van der Waals surface area (Å²) >= 11 is 6.36. The Morgan fingerprint density at radius 2 is 1.93 bits per heavy atom. The largest absolute Gasteiger partial charge is 0.463 e.